The van der Waals surface area contributed by atoms with Gasteiger partial charge in [-0.25, -0.2) is 9.18 Å². The number of nitrogens with one attached hydrogen (secondary N) is 3. The van der Waals surface area contributed by atoms with Crippen LogP contribution in [0.15, 0.2) is 24.3 Å². The fourth-order valence-corrected chi connectivity index (χ4v) is 3.40. The van der Waals surface area contributed by atoms with Crippen molar-refractivity contribution >= 4 is 30.3 Å². The van der Waals surface area contributed by atoms with Crippen LogP contribution in [0.3, 0.4) is 0 Å². The minimum Gasteiger partial charge on any atom is -0.355 e. The van der Waals surface area contributed by atoms with Gasteiger partial charge in [-0.15, -0.1) is 12.4 Å². The molecule has 2 aliphatic heterocycles. The van der Waals surface area contributed by atoms with E-state index in [0.717, 1.165) is 30.8 Å². The quantitative estimate of drug-likeness (QED) is 0.626. The molecule has 0 saturated carbocycles. The normalized spacial score (nSPS) is 24.5. The van der Waals surface area contributed by atoms with E-state index in [1.165, 1.54) is 24.3 Å². The zero-order valence-corrected chi connectivity index (χ0v) is 15.9. The summed E-state index contributed by atoms with van der Waals surface area (Å²) in [6, 6.07) is 4.73. The van der Waals surface area contributed by atoms with E-state index in [-0.39, 0.29) is 24.9 Å². The van der Waals surface area contributed by atoms with Gasteiger partial charge >= 0.3 is 6.03 Å². The number of carbonyl (C=O) groups is 3. The van der Waals surface area contributed by atoms with Crippen molar-refractivity contribution in [1.29, 1.82) is 0 Å². The highest BCUT2D eigenvalue weighted by Gasteiger charge is 2.49. The zero-order valence-electron chi connectivity index (χ0n) is 15.1. The van der Waals surface area contributed by atoms with Gasteiger partial charge in [0.25, 0.3) is 5.91 Å². The SMILES string of the molecule is CC1(c2ccc(F)cc2)NC(=O)N(CC(=O)NCCC2CCNC2)C1=O.Cl. The molecule has 2 atom stereocenters. The number of imide groups is 1. The molecule has 2 aliphatic rings. The molecule has 0 spiro atoms. The molecular formula is C18H24ClFN4O3. The summed E-state index contributed by atoms with van der Waals surface area (Å²) in [5, 5.41) is 8.63. The van der Waals surface area contributed by atoms with Crippen molar-refractivity contribution in [2.75, 3.05) is 26.2 Å². The molecular weight excluding hydrogens is 375 g/mol. The largest absolute Gasteiger partial charge is 0.355 e. The van der Waals surface area contributed by atoms with Crippen molar-refractivity contribution in [3.8, 4) is 0 Å². The van der Waals surface area contributed by atoms with Crippen LogP contribution in [0, 0.1) is 11.7 Å². The second kappa shape index (κ2) is 8.67. The second-order valence-corrected chi connectivity index (χ2v) is 6.95. The summed E-state index contributed by atoms with van der Waals surface area (Å²) < 4.78 is 13.1. The maximum atomic E-state index is 13.1. The van der Waals surface area contributed by atoms with Gasteiger partial charge in [0.1, 0.15) is 17.9 Å². The molecule has 2 saturated heterocycles. The number of urea groups is 1. The molecule has 27 heavy (non-hydrogen) atoms. The molecule has 1 aromatic rings. The van der Waals surface area contributed by atoms with Gasteiger partial charge in [-0.1, -0.05) is 12.1 Å². The van der Waals surface area contributed by atoms with E-state index >= 15 is 0 Å². The first-order valence-electron chi connectivity index (χ1n) is 8.78. The molecule has 7 nitrogen and oxygen atoms in total. The molecule has 1 aromatic carbocycles. The minimum absolute atomic E-state index is 0. The van der Waals surface area contributed by atoms with Crippen LogP contribution >= 0.6 is 12.4 Å². The summed E-state index contributed by atoms with van der Waals surface area (Å²) in [6.45, 7) is 3.70. The van der Waals surface area contributed by atoms with E-state index in [9.17, 15) is 18.8 Å². The molecule has 3 rings (SSSR count). The number of carbonyl (C=O) groups excluding carboxylic acids is 3. The Morgan fingerprint density at radius 3 is 2.67 bits per heavy atom. The average molecular weight is 399 g/mol. The molecule has 2 unspecified atom stereocenters. The highest BCUT2D eigenvalue weighted by atomic mass is 35.5. The number of hydrogen-bond donors (Lipinski definition) is 3. The number of benzene rings is 1. The highest BCUT2D eigenvalue weighted by Crippen LogP contribution is 2.28. The molecule has 9 heteroatoms. The Hall–Kier alpha value is -2.19. The van der Waals surface area contributed by atoms with E-state index in [1.807, 2.05) is 0 Å². The van der Waals surface area contributed by atoms with Crippen molar-refractivity contribution in [1.82, 2.24) is 20.9 Å². The van der Waals surface area contributed by atoms with Crippen LogP contribution in [0.1, 0.15) is 25.3 Å². The van der Waals surface area contributed by atoms with Gasteiger partial charge < -0.3 is 16.0 Å². The van der Waals surface area contributed by atoms with E-state index in [2.05, 4.69) is 16.0 Å². The van der Waals surface area contributed by atoms with Crippen molar-refractivity contribution in [3.63, 3.8) is 0 Å². The van der Waals surface area contributed by atoms with Crippen LogP contribution in [0.25, 0.3) is 0 Å². The van der Waals surface area contributed by atoms with E-state index in [0.29, 0.717) is 18.0 Å². The molecule has 4 amide bonds. The summed E-state index contributed by atoms with van der Waals surface area (Å²) in [5.74, 6) is -0.774. The molecule has 0 radical (unpaired) electrons. The van der Waals surface area contributed by atoms with Gasteiger partial charge in [0.05, 0.1) is 0 Å². The van der Waals surface area contributed by atoms with Crippen LogP contribution in [-0.4, -0.2) is 48.9 Å². The van der Waals surface area contributed by atoms with Crippen LogP contribution in [-0.2, 0) is 15.1 Å². The van der Waals surface area contributed by atoms with Crippen molar-refractivity contribution in [3.05, 3.63) is 35.6 Å². The lowest BCUT2D eigenvalue weighted by Gasteiger charge is -2.22. The molecule has 0 bridgehead atoms. The van der Waals surface area contributed by atoms with Gasteiger partial charge in [-0.3, -0.25) is 14.5 Å². The lowest BCUT2D eigenvalue weighted by Crippen LogP contribution is -2.43. The number of amides is 4. The predicted octanol–water partition coefficient (Wildman–Crippen LogP) is 1.13. The summed E-state index contributed by atoms with van der Waals surface area (Å²) >= 11 is 0. The van der Waals surface area contributed by atoms with Gasteiger partial charge in [0, 0.05) is 6.54 Å². The summed E-state index contributed by atoms with van der Waals surface area (Å²) in [6.07, 6.45) is 1.96. The standard InChI is InChI=1S/C18H23FN4O3.ClH/c1-18(13-2-4-14(19)5-3-13)16(25)23(17(26)22-18)11-15(24)21-9-7-12-6-8-20-10-12;/h2-5,12,20H,6-11H2,1H3,(H,21,24)(H,22,26);1H. The molecule has 0 aromatic heterocycles. The Kier molecular flexibility index (Phi) is 6.78. The Bertz CT molecular complexity index is 709. The smallest absolute Gasteiger partial charge is 0.325 e. The van der Waals surface area contributed by atoms with Gasteiger partial charge in [-0.05, 0) is 56.5 Å². The third kappa shape index (κ3) is 4.56. The monoisotopic (exact) mass is 398 g/mol. The number of halogens is 2. The zero-order chi connectivity index (χ0) is 18.7. The first-order valence-corrected chi connectivity index (χ1v) is 8.78. The first-order chi connectivity index (χ1) is 12.4. The minimum atomic E-state index is -1.30. The topological polar surface area (TPSA) is 90.5 Å². The third-order valence-corrected chi connectivity index (χ3v) is 5.04. The van der Waals surface area contributed by atoms with Crippen molar-refractivity contribution in [2.45, 2.75) is 25.3 Å². The van der Waals surface area contributed by atoms with Gasteiger partial charge in [0.15, 0.2) is 0 Å². The molecule has 0 aliphatic carbocycles. The summed E-state index contributed by atoms with van der Waals surface area (Å²) in [4.78, 5) is 37.9. The molecule has 2 heterocycles. The molecule has 3 N–H and O–H groups in total. The predicted molar refractivity (Wildman–Crippen MR) is 99.8 cm³/mol. The number of hydrogen-bond acceptors (Lipinski definition) is 4. The van der Waals surface area contributed by atoms with Crippen molar-refractivity contribution in [2.24, 2.45) is 5.92 Å². The highest BCUT2D eigenvalue weighted by molar-refractivity contribution is 6.09. The average Bonchev–Trinajstić information content (AvgIpc) is 3.19. The van der Waals surface area contributed by atoms with Crippen LogP contribution in [0.4, 0.5) is 9.18 Å². The van der Waals surface area contributed by atoms with Gasteiger partial charge in [0.2, 0.25) is 5.91 Å². The van der Waals surface area contributed by atoms with E-state index in [4.69, 9.17) is 0 Å². The third-order valence-electron chi connectivity index (χ3n) is 5.04. The lowest BCUT2D eigenvalue weighted by atomic mass is 9.92. The lowest BCUT2D eigenvalue weighted by molar-refractivity contribution is -0.134. The Labute approximate surface area is 163 Å². The van der Waals surface area contributed by atoms with Crippen LogP contribution in [0.2, 0.25) is 0 Å². The van der Waals surface area contributed by atoms with Crippen LogP contribution in [0.5, 0.6) is 0 Å². The van der Waals surface area contributed by atoms with E-state index < -0.39 is 23.3 Å². The van der Waals surface area contributed by atoms with E-state index in [1.54, 1.807) is 6.92 Å². The Morgan fingerprint density at radius 2 is 2.04 bits per heavy atom. The maximum Gasteiger partial charge on any atom is 0.325 e. The van der Waals surface area contributed by atoms with Crippen molar-refractivity contribution < 1.29 is 18.8 Å². The molecule has 148 valence electrons. The maximum absolute atomic E-state index is 13.1. The number of nitrogens with zero attached hydrogens (tertiary/aromatic N) is 1. The fraction of sp³-hybridized carbons (Fsp3) is 0.500. The first kappa shape index (κ1) is 21.1. The van der Waals surface area contributed by atoms with Gasteiger partial charge in [-0.2, -0.15) is 0 Å². The summed E-state index contributed by atoms with van der Waals surface area (Å²) in [7, 11) is 0. The second-order valence-electron chi connectivity index (χ2n) is 6.95. The number of rotatable bonds is 6. The Morgan fingerprint density at radius 1 is 1.33 bits per heavy atom. The van der Waals surface area contributed by atoms with Crippen LogP contribution < -0.4 is 16.0 Å². The summed E-state index contributed by atoms with van der Waals surface area (Å²) in [5.41, 5.74) is -0.838. The Balaban J connectivity index is 0.00000261. The fourth-order valence-electron chi connectivity index (χ4n) is 3.40. The molecule has 2 fully saturated rings.